The standard InChI is InChI=1S/C22H27N5O3/c1-4-23-22(29)20-15(7-5-9-27(20)3)25-21-19-18(13(2)11-17(28)26-19)14(12-24-21)16-8-6-10-30-16/h6,8,10-12,15,20H,4-5,7,9H2,1-3H3,(H,23,29)(H,24,25)(H,26,28)/t15-,20-/m1/s1. The van der Waals surface area contributed by atoms with Gasteiger partial charge in [0.15, 0.2) is 5.82 Å². The Balaban J connectivity index is 1.78. The number of carbonyl (C=O) groups is 1. The number of hydrogen-bond acceptors (Lipinski definition) is 6. The molecule has 4 rings (SSSR count). The van der Waals surface area contributed by atoms with Crippen LogP contribution in [-0.4, -0.2) is 53.0 Å². The Bertz CT molecular complexity index is 1110. The zero-order chi connectivity index (χ0) is 21.3. The largest absolute Gasteiger partial charge is 0.464 e. The van der Waals surface area contributed by atoms with E-state index < -0.39 is 0 Å². The fourth-order valence-electron chi connectivity index (χ4n) is 4.35. The highest BCUT2D eigenvalue weighted by Crippen LogP contribution is 2.33. The molecule has 0 aromatic carbocycles. The third-order valence-corrected chi connectivity index (χ3v) is 5.68. The third kappa shape index (κ3) is 3.70. The van der Waals surface area contributed by atoms with Gasteiger partial charge in [-0.1, -0.05) is 0 Å². The van der Waals surface area contributed by atoms with Crippen LogP contribution < -0.4 is 16.2 Å². The molecule has 158 valence electrons. The smallest absolute Gasteiger partial charge is 0.248 e. The lowest BCUT2D eigenvalue weighted by Crippen LogP contribution is -2.57. The summed E-state index contributed by atoms with van der Waals surface area (Å²) in [5, 5.41) is 7.27. The number of nitrogens with one attached hydrogen (secondary N) is 3. The number of anilines is 1. The first-order valence-electron chi connectivity index (χ1n) is 10.3. The van der Waals surface area contributed by atoms with Crippen LogP contribution in [0.3, 0.4) is 0 Å². The first-order chi connectivity index (χ1) is 14.5. The zero-order valence-corrected chi connectivity index (χ0v) is 17.5. The molecule has 0 spiro atoms. The number of pyridine rings is 2. The minimum atomic E-state index is -0.308. The molecule has 3 aromatic rings. The number of likely N-dealkylation sites (N-methyl/N-ethyl adjacent to an activating group) is 2. The van der Waals surface area contributed by atoms with Crippen LogP contribution in [0.25, 0.3) is 22.2 Å². The first-order valence-corrected chi connectivity index (χ1v) is 10.3. The summed E-state index contributed by atoms with van der Waals surface area (Å²) < 4.78 is 5.58. The maximum absolute atomic E-state index is 12.7. The van der Waals surface area contributed by atoms with Crippen molar-refractivity contribution >= 4 is 22.6 Å². The number of piperidine rings is 1. The van der Waals surface area contributed by atoms with Gasteiger partial charge in [-0.05, 0) is 58.0 Å². The van der Waals surface area contributed by atoms with Gasteiger partial charge in [0.1, 0.15) is 11.8 Å². The number of rotatable bonds is 5. The van der Waals surface area contributed by atoms with Gasteiger partial charge in [-0.2, -0.15) is 0 Å². The SMILES string of the molecule is CCNC(=O)[C@H]1[C@H](Nc2ncc(-c3ccco3)c3c(C)cc(=O)[nH]c23)CCCN1C. The number of likely N-dealkylation sites (tertiary alicyclic amines) is 1. The van der Waals surface area contributed by atoms with Crippen LogP contribution in [0.4, 0.5) is 5.82 Å². The quantitative estimate of drug-likeness (QED) is 0.598. The number of hydrogen-bond donors (Lipinski definition) is 3. The van der Waals surface area contributed by atoms with Gasteiger partial charge in [0.25, 0.3) is 0 Å². The fraction of sp³-hybridized carbons (Fsp3) is 0.409. The second-order valence-electron chi connectivity index (χ2n) is 7.78. The Hall–Kier alpha value is -3.13. The highest BCUT2D eigenvalue weighted by Gasteiger charge is 2.35. The van der Waals surface area contributed by atoms with E-state index in [1.165, 1.54) is 0 Å². The average Bonchev–Trinajstić information content (AvgIpc) is 3.23. The summed E-state index contributed by atoms with van der Waals surface area (Å²) in [7, 11) is 1.96. The molecule has 4 heterocycles. The van der Waals surface area contributed by atoms with E-state index in [0.717, 1.165) is 35.9 Å². The lowest BCUT2D eigenvalue weighted by Gasteiger charge is -2.38. The normalized spacial score (nSPS) is 19.7. The van der Waals surface area contributed by atoms with Crippen molar-refractivity contribution in [1.29, 1.82) is 0 Å². The molecule has 3 N–H and O–H groups in total. The van der Waals surface area contributed by atoms with Crippen molar-refractivity contribution in [2.45, 2.75) is 38.8 Å². The van der Waals surface area contributed by atoms with E-state index in [1.807, 2.05) is 33.0 Å². The minimum absolute atomic E-state index is 0.00150. The van der Waals surface area contributed by atoms with Crippen molar-refractivity contribution < 1.29 is 9.21 Å². The molecule has 8 nitrogen and oxygen atoms in total. The highest BCUT2D eigenvalue weighted by atomic mass is 16.3. The molecular weight excluding hydrogens is 382 g/mol. The monoisotopic (exact) mass is 409 g/mol. The maximum Gasteiger partial charge on any atom is 0.248 e. The number of nitrogens with zero attached hydrogens (tertiary/aromatic N) is 2. The van der Waals surface area contributed by atoms with Gasteiger partial charge in [0.05, 0.1) is 17.8 Å². The molecular formula is C22H27N5O3. The van der Waals surface area contributed by atoms with Crippen LogP contribution in [0.1, 0.15) is 25.3 Å². The van der Waals surface area contributed by atoms with E-state index in [4.69, 9.17) is 4.42 Å². The number of aromatic amines is 1. The lowest BCUT2D eigenvalue weighted by atomic mass is 9.95. The zero-order valence-electron chi connectivity index (χ0n) is 17.5. The topological polar surface area (TPSA) is 103 Å². The van der Waals surface area contributed by atoms with Gasteiger partial charge in [-0.15, -0.1) is 0 Å². The summed E-state index contributed by atoms with van der Waals surface area (Å²) in [5.41, 5.74) is 2.08. The molecule has 2 atom stereocenters. The summed E-state index contributed by atoms with van der Waals surface area (Å²) in [6, 6.07) is 4.84. The Labute approximate surface area is 174 Å². The number of H-pyrrole nitrogens is 1. The van der Waals surface area contributed by atoms with Crippen molar-refractivity contribution in [3.8, 4) is 11.3 Å². The fourth-order valence-corrected chi connectivity index (χ4v) is 4.35. The van der Waals surface area contributed by atoms with Crippen LogP contribution in [-0.2, 0) is 4.79 Å². The molecule has 1 amide bonds. The molecule has 1 aliphatic heterocycles. The Morgan fingerprint density at radius 3 is 3.00 bits per heavy atom. The molecule has 0 unspecified atom stereocenters. The number of carbonyl (C=O) groups excluding carboxylic acids is 1. The van der Waals surface area contributed by atoms with Gasteiger partial charge in [-0.25, -0.2) is 4.98 Å². The van der Waals surface area contributed by atoms with Crippen LogP contribution in [0.2, 0.25) is 0 Å². The van der Waals surface area contributed by atoms with Gasteiger partial charge < -0.3 is 20.0 Å². The second kappa shape index (κ2) is 8.31. The number of fused-ring (bicyclic) bond motifs is 1. The van der Waals surface area contributed by atoms with Gasteiger partial charge in [0, 0.05) is 29.8 Å². The molecule has 0 aliphatic carbocycles. The molecule has 0 radical (unpaired) electrons. The highest BCUT2D eigenvalue weighted by molar-refractivity contribution is 6.00. The van der Waals surface area contributed by atoms with Crippen molar-refractivity contribution in [2.75, 3.05) is 25.5 Å². The van der Waals surface area contributed by atoms with Crippen LogP contribution >= 0.6 is 0 Å². The molecule has 30 heavy (non-hydrogen) atoms. The minimum Gasteiger partial charge on any atom is -0.464 e. The van der Waals surface area contributed by atoms with E-state index in [9.17, 15) is 9.59 Å². The van der Waals surface area contributed by atoms with Crippen LogP contribution in [0, 0.1) is 6.92 Å². The van der Waals surface area contributed by atoms with Gasteiger partial charge >= 0.3 is 0 Å². The number of aryl methyl sites for hydroxylation is 1. The summed E-state index contributed by atoms with van der Waals surface area (Å²) in [4.78, 5) is 34.6. The summed E-state index contributed by atoms with van der Waals surface area (Å²) in [6.45, 7) is 5.27. The predicted molar refractivity (Wildman–Crippen MR) is 117 cm³/mol. The maximum atomic E-state index is 12.7. The van der Waals surface area contributed by atoms with Crippen molar-refractivity contribution in [3.63, 3.8) is 0 Å². The average molecular weight is 409 g/mol. The number of amides is 1. The molecule has 1 aliphatic rings. The first kappa shape index (κ1) is 20.2. The Morgan fingerprint density at radius 2 is 2.27 bits per heavy atom. The van der Waals surface area contributed by atoms with E-state index in [-0.39, 0.29) is 23.6 Å². The Morgan fingerprint density at radius 1 is 1.43 bits per heavy atom. The van der Waals surface area contributed by atoms with Crippen LogP contribution in [0.5, 0.6) is 0 Å². The summed E-state index contributed by atoms with van der Waals surface area (Å²) in [6.07, 6.45) is 5.18. The molecule has 1 saturated heterocycles. The molecule has 3 aromatic heterocycles. The Kier molecular flexibility index (Phi) is 5.59. The van der Waals surface area contributed by atoms with Gasteiger partial charge in [0.2, 0.25) is 11.5 Å². The number of aromatic nitrogens is 2. The second-order valence-corrected chi connectivity index (χ2v) is 7.78. The lowest BCUT2D eigenvalue weighted by molar-refractivity contribution is -0.127. The molecule has 8 heteroatoms. The van der Waals surface area contributed by atoms with E-state index in [1.54, 1.807) is 18.5 Å². The van der Waals surface area contributed by atoms with E-state index in [2.05, 4.69) is 25.5 Å². The number of furan rings is 1. The van der Waals surface area contributed by atoms with Crippen molar-refractivity contribution in [1.82, 2.24) is 20.2 Å². The van der Waals surface area contributed by atoms with Crippen molar-refractivity contribution in [2.24, 2.45) is 0 Å². The molecule has 0 saturated carbocycles. The molecule has 0 bridgehead atoms. The van der Waals surface area contributed by atoms with Crippen LogP contribution in [0.15, 0.2) is 39.9 Å². The van der Waals surface area contributed by atoms with Gasteiger partial charge in [-0.3, -0.25) is 14.5 Å². The third-order valence-electron chi connectivity index (χ3n) is 5.68. The molecule has 1 fully saturated rings. The van der Waals surface area contributed by atoms with Crippen molar-refractivity contribution in [3.05, 3.63) is 46.6 Å². The van der Waals surface area contributed by atoms with E-state index in [0.29, 0.717) is 23.6 Å². The summed E-state index contributed by atoms with van der Waals surface area (Å²) >= 11 is 0. The predicted octanol–water partition coefficient (Wildman–Crippen LogP) is 2.50. The van der Waals surface area contributed by atoms with E-state index >= 15 is 0 Å². The summed E-state index contributed by atoms with van der Waals surface area (Å²) in [5.74, 6) is 1.25.